The molecule has 4 nitrogen and oxygen atoms in total. The molecule has 0 bridgehead atoms. The molecule has 0 fully saturated rings. The first kappa shape index (κ1) is 18.5. The van der Waals surface area contributed by atoms with Crippen molar-refractivity contribution in [3.8, 4) is 0 Å². The second kappa shape index (κ2) is 7.38. The van der Waals surface area contributed by atoms with Crippen LogP contribution in [0.5, 0.6) is 0 Å². The molecule has 0 aliphatic rings. The molecule has 0 saturated carbocycles. The topological polar surface area (TPSA) is 49.4 Å². The fourth-order valence-corrected chi connectivity index (χ4v) is 2.17. The van der Waals surface area contributed by atoms with Gasteiger partial charge in [0.15, 0.2) is 0 Å². The molecule has 2 rings (SSSR count). The quantitative estimate of drug-likeness (QED) is 0.914. The predicted molar refractivity (Wildman–Crippen MR) is 88.2 cm³/mol. The fourth-order valence-electron chi connectivity index (χ4n) is 2.17. The lowest BCUT2D eigenvalue weighted by Crippen LogP contribution is -2.35. The van der Waals surface area contributed by atoms with Crippen LogP contribution in [-0.4, -0.2) is 30.3 Å². The molecular formula is C18H17F3N2O2. The molecule has 0 heterocycles. The zero-order valence-electron chi connectivity index (χ0n) is 13.7. The van der Waals surface area contributed by atoms with Gasteiger partial charge in [-0.05, 0) is 37.3 Å². The Bertz CT molecular complexity index is 771. The van der Waals surface area contributed by atoms with Crippen molar-refractivity contribution < 1.29 is 22.8 Å². The monoisotopic (exact) mass is 350 g/mol. The van der Waals surface area contributed by atoms with Crippen LogP contribution in [0.15, 0.2) is 48.5 Å². The standard InChI is InChI=1S/C18H17F3N2O2/c1-12-6-8-15(9-7-12)22-16(24)11-23(2)17(25)13-4-3-5-14(10-13)18(19,20)21/h3-10H,11H2,1-2H3,(H,22,24). The Morgan fingerprint density at radius 1 is 1.08 bits per heavy atom. The van der Waals surface area contributed by atoms with Crippen molar-refractivity contribution in [2.75, 3.05) is 18.9 Å². The Kier molecular flexibility index (Phi) is 5.46. The van der Waals surface area contributed by atoms with E-state index in [1.807, 2.05) is 19.1 Å². The van der Waals surface area contributed by atoms with Crippen LogP contribution in [0.25, 0.3) is 0 Å². The minimum atomic E-state index is -4.53. The molecule has 2 aromatic carbocycles. The van der Waals surface area contributed by atoms with Gasteiger partial charge in [-0.25, -0.2) is 0 Å². The summed E-state index contributed by atoms with van der Waals surface area (Å²) in [6.45, 7) is 1.63. The number of benzene rings is 2. The van der Waals surface area contributed by atoms with Crippen LogP contribution < -0.4 is 5.32 Å². The molecule has 0 atom stereocenters. The molecule has 0 saturated heterocycles. The van der Waals surface area contributed by atoms with Crippen molar-refractivity contribution in [2.24, 2.45) is 0 Å². The first-order valence-corrected chi connectivity index (χ1v) is 7.46. The first-order chi connectivity index (χ1) is 11.7. The van der Waals surface area contributed by atoms with Gasteiger partial charge in [0, 0.05) is 18.3 Å². The summed E-state index contributed by atoms with van der Waals surface area (Å²) in [6.07, 6.45) is -4.53. The Morgan fingerprint density at radius 2 is 1.72 bits per heavy atom. The third-order valence-electron chi connectivity index (χ3n) is 3.50. The highest BCUT2D eigenvalue weighted by molar-refractivity contribution is 5.99. The van der Waals surface area contributed by atoms with Gasteiger partial charge in [-0.3, -0.25) is 9.59 Å². The summed E-state index contributed by atoms with van der Waals surface area (Å²) in [5.74, 6) is -1.10. The zero-order valence-corrected chi connectivity index (χ0v) is 13.7. The average Bonchev–Trinajstić information content (AvgIpc) is 2.55. The molecule has 1 N–H and O–H groups in total. The molecule has 0 aromatic heterocycles. The number of aryl methyl sites for hydroxylation is 1. The van der Waals surface area contributed by atoms with E-state index < -0.39 is 23.6 Å². The number of likely N-dealkylation sites (N-methyl/N-ethyl adjacent to an activating group) is 1. The number of halogens is 3. The smallest absolute Gasteiger partial charge is 0.332 e. The minimum Gasteiger partial charge on any atom is -0.332 e. The number of hydrogen-bond donors (Lipinski definition) is 1. The first-order valence-electron chi connectivity index (χ1n) is 7.46. The number of amides is 2. The van der Waals surface area contributed by atoms with Gasteiger partial charge in [0.25, 0.3) is 5.91 Å². The summed E-state index contributed by atoms with van der Waals surface area (Å²) < 4.78 is 38.2. The summed E-state index contributed by atoms with van der Waals surface area (Å²) in [5.41, 5.74) is 0.585. The lowest BCUT2D eigenvalue weighted by molar-refractivity contribution is -0.137. The van der Waals surface area contributed by atoms with E-state index in [-0.39, 0.29) is 12.1 Å². The molecule has 0 radical (unpaired) electrons. The lowest BCUT2D eigenvalue weighted by atomic mass is 10.1. The van der Waals surface area contributed by atoms with Gasteiger partial charge in [-0.15, -0.1) is 0 Å². The SMILES string of the molecule is Cc1ccc(NC(=O)CN(C)C(=O)c2cccc(C(F)(F)F)c2)cc1. The number of alkyl halides is 3. The van der Waals surface area contributed by atoms with Crippen molar-refractivity contribution in [1.29, 1.82) is 0 Å². The Balaban J connectivity index is 2.02. The number of nitrogens with zero attached hydrogens (tertiary/aromatic N) is 1. The number of anilines is 1. The van der Waals surface area contributed by atoms with E-state index in [9.17, 15) is 22.8 Å². The highest BCUT2D eigenvalue weighted by Crippen LogP contribution is 2.29. The molecular weight excluding hydrogens is 333 g/mol. The van der Waals surface area contributed by atoms with Crippen LogP contribution in [0.2, 0.25) is 0 Å². The largest absolute Gasteiger partial charge is 0.416 e. The van der Waals surface area contributed by atoms with E-state index in [1.165, 1.54) is 13.1 Å². The van der Waals surface area contributed by atoms with Crippen LogP contribution in [0.1, 0.15) is 21.5 Å². The average molecular weight is 350 g/mol. The number of nitrogens with one attached hydrogen (secondary N) is 1. The van der Waals surface area contributed by atoms with E-state index >= 15 is 0 Å². The summed E-state index contributed by atoms with van der Waals surface area (Å²) >= 11 is 0. The maximum atomic E-state index is 12.7. The fraction of sp³-hybridized carbons (Fsp3) is 0.222. The van der Waals surface area contributed by atoms with Crippen LogP contribution in [0, 0.1) is 6.92 Å². The third kappa shape index (κ3) is 5.07. The van der Waals surface area contributed by atoms with E-state index in [0.717, 1.165) is 28.7 Å². The lowest BCUT2D eigenvalue weighted by Gasteiger charge is -2.17. The summed E-state index contributed by atoms with van der Waals surface area (Å²) in [6, 6.07) is 11.2. The van der Waals surface area contributed by atoms with Crippen molar-refractivity contribution in [2.45, 2.75) is 13.1 Å². The van der Waals surface area contributed by atoms with E-state index in [4.69, 9.17) is 0 Å². The molecule has 2 aromatic rings. The van der Waals surface area contributed by atoms with Gasteiger partial charge >= 0.3 is 6.18 Å². The molecule has 0 aliphatic heterocycles. The van der Waals surface area contributed by atoms with Gasteiger partial charge in [0.1, 0.15) is 0 Å². The molecule has 0 spiro atoms. The Hall–Kier alpha value is -2.83. The zero-order chi connectivity index (χ0) is 18.6. The molecule has 25 heavy (non-hydrogen) atoms. The van der Waals surface area contributed by atoms with Crippen molar-refractivity contribution in [1.82, 2.24) is 4.90 Å². The van der Waals surface area contributed by atoms with E-state index in [1.54, 1.807) is 12.1 Å². The van der Waals surface area contributed by atoms with Gasteiger partial charge in [-0.1, -0.05) is 23.8 Å². The van der Waals surface area contributed by atoms with Crippen LogP contribution >= 0.6 is 0 Å². The number of carbonyl (C=O) groups excluding carboxylic acids is 2. The van der Waals surface area contributed by atoms with Crippen molar-refractivity contribution >= 4 is 17.5 Å². The van der Waals surface area contributed by atoms with Crippen LogP contribution in [0.4, 0.5) is 18.9 Å². The maximum Gasteiger partial charge on any atom is 0.416 e. The summed E-state index contributed by atoms with van der Waals surface area (Å²) in [5, 5.41) is 2.63. The van der Waals surface area contributed by atoms with Crippen molar-refractivity contribution in [3.05, 3.63) is 65.2 Å². The predicted octanol–water partition coefficient (Wildman–Crippen LogP) is 3.72. The van der Waals surface area contributed by atoms with Gasteiger partial charge in [-0.2, -0.15) is 13.2 Å². The Labute approximate surface area is 143 Å². The summed E-state index contributed by atoms with van der Waals surface area (Å²) in [4.78, 5) is 25.3. The highest BCUT2D eigenvalue weighted by Gasteiger charge is 2.31. The molecule has 2 amide bonds. The maximum absolute atomic E-state index is 12.7. The number of hydrogen-bond acceptors (Lipinski definition) is 2. The second-order valence-corrected chi connectivity index (χ2v) is 5.65. The van der Waals surface area contributed by atoms with E-state index in [0.29, 0.717) is 5.69 Å². The van der Waals surface area contributed by atoms with Gasteiger partial charge in [0.2, 0.25) is 5.91 Å². The number of carbonyl (C=O) groups is 2. The van der Waals surface area contributed by atoms with E-state index in [2.05, 4.69) is 5.32 Å². The Morgan fingerprint density at radius 3 is 2.32 bits per heavy atom. The highest BCUT2D eigenvalue weighted by atomic mass is 19.4. The van der Waals surface area contributed by atoms with Gasteiger partial charge < -0.3 is 10.2 Å². The molecule has 0 aliphatic carbocycles. The molecule has 7 heteroatoms. The van der Waals surface area contributed by atoms with Gasteiger partial charge in [0.05, 0.1) is 12.1 Å². The molecule has 0 unspecified atom stereocenters. The number of rotatable bonds is 4. The minimum absolute atomic E-state index is 0.125. The van der Waals surface area contributed by atoms with Crippen LogP contribution in [-0.2, 0) is 11.0 Å². The second-order valence-electron chi connectivity index (χ2n) is 5.65. The third-order valence-corrected chi connectivity index (χ3v) is 3.50. The van der Waals surface area contributed by atoms with Crippen molar-refractivity contribution in [3.63, 3.8) is 0 Å². The van der Waals surface area contributed by atoms with Crippen LogP contribution in [0.3, 0.4) is 0 Å². The summed E-state index contributed by atoms with van der Waals surface area (Å²) in [7, 11) is 1.36. The molecule has 132 valence electrons. The normalized spacial score (nSPS) is 11.1.